The van der Waals surface area contributed by atoms with Crippen molar-refractivity contribution in [3.63, 3.8) is 0 Å². The van der Waals surface area contributed by atoms with Crippen molar-refractivity contribution in [2.45, 2.75) is 0 Å². The Labute approximate surface area is 121 Å². The normalized spacial score (nSPS) is 10.6. The number of fused-ring (bicyclic) bond motifs is 1. The van der Waals surface area contributed by atoms with Gasteiger partial charge in [0.05, 0.1) is 37.1 Å². The van der Waals surface area contributed by atoms with Gasteiger partial charge in [-0.2, -0.15) is 0 Å². The van der Waals surface area contributed by atoms with Crippen LogP contribution in [0.2, 0.25) is 0 Å². The summed E-state index contributed by atoms with van der Waals surface area (Å²) in [5.74, 6) is 1.15. The van der Waals surface area contributed by atoms with E-state index in [0.717, 1.165) is 22.7 Å². The maximum Gasteiger partial charge on any atom is 0.337 e. The van der Waals surface area contributed by atoms with Gasteiger partial charge in [-0.05, 0) is 24.3 Å². The number of carbonyl (C=O) groups excluding carboxylic acids is 1. The molecule has 0 N–H and O–H groups in total. The van der Waals surface area contributed by atoms with Crippen molar-refractivity contribution >= 4 is 11.5 Å². The molecule has 2 heterocycles. The number of ether oxygens (including phenoxy) is 2. The number of carbonyl (C=O) groups is 1. The Morgan fingerprint density at radius 3 is 2.76 bits per heavy atom. The molecule has 21 heavy (non-hydrogen) atoms. The fourth-order valence-corrected chi connectivity index (χ4v) is 2.27. The number of aromatic nitrogens is 2. The Bertz CT molecular complexity index is 808. The third kappa shape index (κ3) is 2.23. The molecule has 2 aromatic heterocycles. The molecule has 5 heteroatoms. The van der Waals surface area contributed by atoms with Gasteiger partial charge < -0.3 is 9.47 Å². The Morgan fingerprint density at radius 2 is 2.00 bits per heavy atom. The van der Waals surface area contributed by atoms with Gasteiger partial charge >= 0.3 is 5.97 Å². The van der Waals surface area contributed by atoms with Crippen LogP contribution in [0.25, 0.3) is 16.9 Å². The highest BCUT2D eigenvalue weighted by Gasteiger charge is 2.13. The van der Waals surface area contributed by atoms with Crippen molar-refractivity contribution in [1.29, 1.82) is 0 Å². The minimum atomic E-state index is -0.363. The van der Waals surface area contributed by atoms with E-state index in [-0.39, 0.29) is 5.97 Å². The molecule has 106 valence electrons. The maximum atomic E-state index is 11.6. The van der Waals surface area contributed by atoms with Crippen molar-refractivity contribution in [2.24, 2.45) is 0 Å². The SMILES string of the molecule is COC(=O)c1ccn2c(-c3ccccc3OC)ncc2c1. The molecule has 1 aromatic carbocycles. The number of nitrogens with zero attached hydrogens (tertiary/aromatic N) is 2. The average Bonchev–Trinajstić information content (AvgIpc) is 2.96. The smallest absolute Gasteiger partial charge is 0.337 e. The number of rotatable bonds is 3. The van der Waals surface area contributed by atoms with Crippen molar-refractivity contribution in [1.82, 2.24) is 9.38 Å². The molecule has 0 amide bonds. The second-order valence-electron chi connectivity index (χ2n) is 4.48. The molecule has 3 rings (SSSR count). The topological polar surface area (TPSA) is 52.8 Å². The summed E-state index contributed by atoms with van der Waals surface area (Å²) in [6, 6.07) is 11.1. The van der Waals surface area contributed by atoms with Crippen LogP contribution in [0, 0.1) is 0 Å². The highest BCUT2D eigenvalue weighted by Crippen LogP contribution is 2.29. The fraction of sp³-hybridized carbons (Fsp3) is 0.125. The Balaban J connectivity index is 2.15. The highest BCUT2D eigenvalue weighted by molar-refractivity contribution is 5.90. The standard InChI is InChI=1S/C16H14N2O3/c1-20-14-6-4-3-5-13(14)15-17-10-12-9-11(16(19)21-2)7-8-18(12)15/h3-10H,1-2H3. The van der Waals surface area contributed by atoms with Crippen LogP contribution >= 0.6 is 0 Å². The van der Waals surface area contributed by atoms with E-state index in [1.165, 1.54) is 7.11 Å². The summed E-state index contributed by atoms with van der Waals surface area (Å²) in [5.41, 5.74) is 2.21. The summed E-state index contributed by atoms with van der Waals surface area (Å²) in [5, 5.41) is 0. The number of imidazole rings is 1. The van der Waals surface area contributed by atoms with Crippen molar-refractivity contribution < 1.29 is 14.3 Å². The number of methoxy groups -OCH3 is 2. The minimum Gasteiger partial charge on any atom is -0.496 e. The number of hydrogen-bond acceptors (Lipinski definition) is 4. The van der Waals surface area contributed by atoms with Gasteiger partial charge in [0.1, 0.15) is 11.6 Å². The largest absolute Gasteiger partial charge is 0.496 e. The molecule has 3 aromatic rings. The number of esters is 1. The van der Waals surface area contributed by atoms with Gasteiger partial charge in [0.2, 0.25) is 0 Å². The summed E-state index contributed by atoms with van der Waals surface area (Å²) < 4.78 is 12.0. The maximum absolute atomic E-state index is 11.6. The predicted molar refractivity (Wildman–Crippen MR) is 78.5 cm³/mol. The van der Waals surface area contributed by atoms with E-state index in [1.807, 2.05) is 28.7 Å². The van der Waals surface area contributed by atoms with E-state index in [9.17, 15) is 4.79 Å². The first-order chi connectivity index (χ1) is 10.2. The van der Waals surface area contributed by atoms with Gasteiger partial charge in [-0.1, -0.05) is 12.1 Å². The lowest BCUT2D eigenvalue weighted by atomic mass is 10.2. The molecule has 5 nitrogen and oxygen atoms in total. The van der Waals surface area contributed by atoms with E-state index < -0.39 is 0 Å². The molecule has 0 radical (unpaired) electrons. The van der Waals surface area contributed by atoms with Gasteiger partial charge in [-0.15, -0.1) is 0 Å². The zero-order valence-electron chi connectivity index (χ0n) is 11.7. The molecule has 0 aliphatic heterocycles. The average molecular weight is 282 g/mol. The molecule has 0 fully saturated rings. The molecule has 0 aliphatic rings. The van der Waals surface area contributed by atoms with Crippen LogP contribution in [0.3, 0.4) is 0 Å². The van der Waals surface area contributed by atoms with Crippen LogP contribution < -0.4 is 4.74 Å². The van der Waals surface area contributed by atoms with E-state index >= 15 is 0 Å². The van der Waals surface area contributed by atoms with Crippen LogP contribution in [-0.4, -0.2) is 29.6 Å². The molecule has 0 bridgehead atoms. The first kappa shape index (κ1) is 13.2. The van der Waals surface area contributed by atoms with Crippen LogP contribution in [0.5, 0.6) is 5.75 Å². The number of benzene rings is 1. The van der Waals surface area contributed by atoms with E-state index in [4.69, 9.17) is 9.47 Å². The first-order valence-corrected chi connectivity index (χ1v) is 6.43. The Kier molecular flexibility index (Phi) is 3.31. The molecule has 0 spiro atoms. The molecular weight excluding hydrogens is 268 g/mol. The summed E-state index contributed by atoms with van der Waals surface area (Å²) in [6.07, 6.45) is 3.52. The van der Waals surface area contributed by atoms with E-state index in [0.29, 0.717) is 5.56 Å². The van der Waals surface area contributed by atoms with Crippen molar-refractivity contribution in [2.75, 3.05) is 14.2 Å². The number of hydrogen-bond donors (Lipinski definition) is 0. The molecule has 0 atom stereocenters. The molecule has 0 saturated heterocycles. The van der Waals surface area contributed by atoms with Gasteiger partial charge in [0, 0.05) is 6.20 Å². The third-order valence-corrected chi connectivity index (χ3v) is 3.30. The number of pyridine rings is 1. The van der Waals surface area contributed by atoms with Crippen LogP contribution in [-0.2, 0) is 4.74 Å². The lowest BCUT2D eigenvalue weighted by Crippen LogP contribution is -2.02. The van der Waals surface area contributed by atoms with E-state index in [2.05, 4.69) is 4.98 Å². The van der Waals surface area contributed by atoms with Crippen molar-refractivity contribution in [3.8, 4) is 17.1 Å². The van der Waals surface area contributed by atoms with Gasteiger partial charge in [-0.25, -0.2) is 9.78 Å². The minimum absolute atomic E-state index is 0.363. The summed E-state index contributed by atoms with van der Waals surface area (Å²) in [6.45, 7) is 0. The Hall–Kier alpha value is -2.82. The zero-order valence-corrected chi connectivity index (χ0v) is 11.7. The highest BCUT2D eigenvalue weighted by atomic mass is 16.5. The molecular formula is C16H14N2O3. The molecule has 0 unspecified atom stereocenters. The van der Waals surface area contributed by atoms with Crippen LogP contribution in [0.1, 0.15) is 10.4 Å². The lowest BCUT2D eigenvalue weighted by Gasteiger charge is -2.07. The van der Waals surface area contributed by atoms with Gasteiger partial charge in [0.25, 0.3) is 0 Å². The van der Waals surface area contributed by atoms with E-state index in [1.54, 1.807) is 31.6 Å². The lowest BCUT2D eigenvalue weighted by molar-refractivity contribution is 0.0600. The molecule has 0 saturated carbocycles. The molecule has 0 aliphatic carbocycles. The van der Waals surface area contributed by atoms with Gasteiger partial charge in [0.15, 0.2) is 0 Å². The second-order valence-corrected chi connectivity index (χ2v) is 4.48. The summed E-state index contributed by atoms with van der Waals surface area (Å²) >= 11 is 0. The van der Waals surface area contributed by atoms with Crippen molar-refractivity contribution in [3.05, 3.63) is 54.4 Å². The quantitative estimate of drug-likeness (QED) is 0.693. The van der Waals surface area contributed by atoms with Crippen LogP contribution in [0.15, 0.2) is 48.8 Å². The van der Waals surface area contributed by atoms with Gasteiger partial charge in [-0.3, -0.25) is 4.40 Å². The van der Waals surface area contributed by atoms with Crippen LogP contribution in [0.4, 0.5) is 0 Å². The summed E-state index contributed by atoms with van der Waals surface area (Å²) in [7, 11) is 2.99. The predicted octanol–water partition coefficient (Wildman–Crippen LogP) is 2.80. The summed E-state index contributed by atoms with van der Waals surface area (Å²) in [4.78, 5) is 16.0. The monoisotopic (exact) mass is 282 g/mol. The zero-order chi connectivity index (χ0) is 14.8. The fourth-order valence-electron chi connectivity index (χ4n) is 2.27. The Morgan fingerprint density at radius 1 is 1.19 bits per heavy atom. The first-order valence-electron chi connectivity index (χ1n) is 6.43. The third-order valence-electron chi connectivity index (χ3n) is 3.30. The second kappa shape index (κ2) is 5.28. The number of para-hydroxylation sites is 1.